The van der Waals surface area contributed by atoms with Gasteiger partial charge in [-0.3, -0.25) is 0 Å². The van der Waals surface area contributed by atoms with Gasteiger partial charge in [-0.2, -0.15) is 0 Å². The van der Waals surface area contributed by atoms with E-state index in [4.69, 9.17) is 4.43 Å². The molecule has 1 N–H and O–H groups in total. The van der Waals surface area contributed by atoms with Crippen molar-refractivity contribution < 1.29 is 9.53 Å². The monoisotopic (exact) mass is 368 g/mol. The highest BCUT2D eigenvalue weighted by Gasteiger charge is 2.51. The Morgan fingerprint density at radius 2 is 1.46 bits per heavy atom. The summed E-state index contributed by atoms with van der Waals surface area (Å²) in [5, 5.41) is 12.1. The van der Waals surface area contributed by atoms with Gasteiger partial charge in [-0.25, -0.2) is 0 Å². The van der Waals surface area contributed by atoms with Crippen LogP contribution in [0.2, 0.25) is 5.04 Å². The van der Waals surface area contributed by atoms with Gasteiger partial charge in [0.15, 0.2) is 0 Å². The molecule has 0 aliphatic heterocycles. The molecule has 0 bridgehead atoms. The van der Waals surface area contributed by atoms with Crippen LogP contribution in [0.5, 0.6) is 0 Å². The fourth-order valence-electron chi connectivity index (χ4n) is 4.29. The van der Waals surface area contributed by atoms with E-state index in [0.717, 1.165) is 12.8 Å². The first kappa shape index (κ1) is 19.3. The lowest BCUT2D eigenvalue weighted by molar-refractivity contribution is 0.182. The lowest BCUT2D eigenvalue weighted by Crippen LogP contribution is -2.67. The third kappa shape index (κ3) is 3.80. The Hall–Kier alpha value is -1.42. The number of hydrogen-bond donors (Lipinski definition) is 1. The first-order chi connectivity index (χ1) is 12.4. The first-order valence-corrected chi connectivity index (χ1v) is 11.7. The van der Waals surface area contributed by atoms with E-state index in [-0.39, 0.29) is 11.1 Å². The Labute approximate surface area is 159 Å². The maximum absolute atomic E-state index is 9.38. The molecule has 0 heterocycles. The van der Waals surface area contributed by atoms with E-state index in [0.29, 0.717) is 18.4 Å². The van der Waals surface area contributed by atoms with Crippen LogP contribution in [0.3, 0.4) is 0 Å². The van der Waals surface area contributed by atoms with Crippen LogP contribution in [-0.2, 0) is 4.43 Å². The Morgan fingerprint density at radius 3 is 1.85 bits per heavy atom. The maximum Gasteiger partial charge on any atom is 0.261 e. The average Bonchev–Trinajstić information content (AvgIpc) is 3.38. The smallest absolute Gasteiger partial charge is 0.261 e. The Balaban J connectivity index is 2.00. The predicted molar refractivity (Wildman–Crippen MR) is 111 cm³/mol. The second kappa shape index (κ2) is 7.67. The molecule has 2 aromatic rings. The van der Waals surface area contributed by atoms with Gasteiger partial charge in [0.25, 0.3) is 8.32 Å². The van der Waals surface area contributed by atoms with E-state index in [1.54, 1.807) is 0 Å². The quantitative estimate of drug-likeness (QED) is 0.749. The molecule has 26 heavy (non-hydrogen) atoms. The Bertz CT molecular complexity index is 654. The zero-order valence-corrected chi connectivity index (χ0v) is 17.5. The third-order valence-electron chi connectivity index (χ3n) is 5.73. The number of hydrogen-bond acceptors (Lipinski definition) is 2. The van der Waals surface area contributed by atoms with Gasteiger partial charge in [-0.1, -0.05) is 81.4 Å². The maximum atomic E-state index is 9.38. The van der Waals surface area contributed by atoms with E-state index in [2.05, 4.69) is 88.4 Å². The predicted octanol–water partition coefficient (Wildman–Crippen LogP) is 3.97. The average molecular weight is 369 g/mol. The summed E-state index contributed by atoms with van der Waals surface area (Å²) < 4.78 is 7.08. The summed E-state index contributed by atoms with van der Waals surface area (Å²) in [6.45, 7) is 9.49. The molecule has 0 saturated heterocycles. The molecule has 3 atom stereocenters. The lowest BCUT2D eigenvalue weighted by Gasteiger charge is -2.44. The van der Waals surface area contributed by atoms with Gasteiger partial charge >= 0.3 is 0 Å². The topological polar surface area (TPSA) is 29.5 Å². The van der Waals surface area contributed by atoms with Crippen LogP contribution in [-0.4, -0.2) is 26.1 Å². The molecule has 1 aliphatic carbocycles. The summed E-state index contributed by atoms with van der Waals surface area (Å²) in [6, 6.07) is 21.6. The normalized spacial score (nSPS) is 21.4. The van der Waals surface area contributed by atoms with Crippen molar-refractivity contribution in [3.63, 3.8) is 0 Å². The highest BCUT2D eigenvalue weighted by molar-refractivity contribution is 6.99. The summed E-state index contributed by atoms with van der Waals surface area (Å²) in [7, 11) is -2.45. The lowest BCUT2D eigenvalue weighted by atomic mass is 10.2. The van der Waals surface area contributed by atoms with E-state index in [1.165, 1.54) is 10.4 Å². The van der Waals surface area contributed by atoms with Crippen LogP contribution in [0.4, 0.5) is 0 Å². The fraction of sp³-hybridized carbons (Fsp3) is 0.478. The van der Waals surface area contributed by atoms with Gasteiger partial charge in [0.2, 0.25) is 0 Å². The summed E-state index contributed by atoms with van der Waals surface area (Å²) in [5.74, 6) is 1.11. The van der Waals surface area contributed by atoms with Crippen LogP contribution >= 0.6 is 0 Å². The highest BCUT2D eigenvalue weighted by Crippen LogP contribution is 2.43. The van der Waals surface area contributed by atoms with E-state index >= 15 is 0 Å². The summed E-state index contributed by atoms with van der Waals surface area (Å²) in [5.41, 5.74) is 0. The number of aliphatic hydroxyl groups is 1. The van der Waals surface area contributed by atoms with Gasteiger partial charge in [0.05, 0.1) is 0 Å². The molecule has 0 spiro atoms. The van der Waals surface area contributed by atoms with Crippen molar-refractivity contribution in [2.45, 2.75) is 51.7 Å². The first-order valence-electron chi connectivity index (χ1n) is 9.78. The second-order valence-corrected chi connectivity index (χ2v) is 13.0. The van der Waals surface area contributed by atoms with Crippen LogP contribution in [0.25, 0.3) is 0 Å². The standard InChI is InChI=1S/C23H32O2Si/c1-18(15-19-16-20(19)17-24)25-26(23(2,3)4,21-11-7-5-8-12-21)22-13-9-6-10-14-22/h5-14,18-20,24H,15-17H2,1-4H3/t18-,19?,20?/m0/s1. The molecule has 0 radical (unpaired) electrons. The van der Waals surface area contributed by atoms with Crippen LogP contribution in [0.1, 0.15) is 40.5 Å². The van der Waals surface area contributed by atoms with Crippen molar-refractivity contribution in [1.29, 1.82) is 0 Å². The SMILES string of the molecule is C[C@@H](CC1CC1CO)O[Si](c1ccccc1)(c1ccccc1)C(C)(C)C. The van der Waals surface area contributed by atoms with E-state index in [1.807, 2.05) is 0 Å². The van der Waals surface area contributed by atoms with Gasteiger partial charge < -0.3 is 9.53 Å². The molecule has 2 nitrogen and oxygen atoms in total. The second-order valence-electron chi connectivity index (χ2n) is 8.77. The molecule has 3 heteroatoms. The third-order valence-corrected chi connectivity index (χ3v) is 10.9. The van der Waals surface area contributed by atoms with Crippen LogP contribution in [0, 0.1) is 11.8 Å². The number of aliphatic hydroxyl groups excluding tert-OH is 1. The minimum Gasteiger partial charge on any atom is -0.405 e. The zero-order chi connectivity index (χ0) is 18.8. The molecule has 2 unspecified atom stereocenters. The zero-order valence-electron chi connectivity index (χ0n) is 16.5. The van der Waals surface area contributed by atoms with Gasteiger partial charge in [0.1, 0.15) is 0 Å². The van der Waals surface area contributed by atoms with Crippen molar-refractivity contribution in [2.24, 2.45) is 11.8 Å². The molecule has 140 valence electrons. The Morgan fingerprint density at radius 1 is 0.962 bits per heavy atom. The molecule has 3 rings (SSSR count). The van der Waals surface area contributed by atoms with Gasteiger partial charge in [-0.05, 0) is 47.0 Å². The van der Waals surface area contributed by atoms with Gasteiger partial charge in [-0.15, -0.1) is 0 Å². The van der Waals surface area contributed by atoms with Crippen molar-refractivity contribution >= 4 is 18.7 Å². The molecular weight excluding hydrogens is 336 g/mol. The van der Waals surface area contributed by atoms with Crippen LogP contribution in [0.15, 0.2) is 60.7 Å². The fourth-order valence-corrected chi connectivity index (χ4v) is 9.00. The summed E-state index contributed by atoms with van der Waals surface area (Å²) in [4.78, 5) is 0. The Kier molecular flexibility index (Phi) is 5.71. The van der Waals surface area contributed by atoms with E-state index in [9.17, 15) is 5.11 Å². The van der Waals surface area contributed by atoms with Crippen molar-refractivity contribution in [3.8, 4) is 0 Å². The molecule has 0 aromatic heterocycles. The molecule has 1 fully saturated rings. The van der Waals surface area contributed by atoms with Crippen molar-refractivity contribution in [1.82, 2.24) is 0 Å². The molecule has 1 saturated carbocycles. The van der Waals surface area contributed by atoms with Crippen LogP contribution < -0.4 is 10.4 Å². The van der Waals surface area contributed by atoms with E-state index < -0.39 is 8.32 Å². The number of rotatable bonds is 7. The largest absolute Gasteiger partial charge is 0.405 e. The molecule has 2 aromatic carbocycles. The summed E-state index contributed by atoms with van der Waals surface area (Å²) >= 11 is 0. The summed E-state index contributed by atoms with van der Waals surface area (Å²) in [6.07, 6.45) is 2.36. The minimum absolute atomic E-state index is 0.0178. The minimum atomic E-state index is -2.45. The highest BCUT2D eigenvalue weighted by atomic mass is 28.4. The van der Waals surface area contributed by atoms with Crippen molar-refractivity contribution in [2.75, 3.05) is 6.61 Å². The van der Waals surface area contributed by atoms with Crippen molar-refractivity contribution in [3.05, 3.63) is 60.7 Å². The molecule has 1 aliphatic rings. The van der Waals surface area contributed by atoms with Gasteiger partial charge in [0, 0.05) is 12.7 Å². The number of benzene rings is 2. The molecule has 0 amide bonds. The molecular formula is C23H32O2Si.